The predicted molar refractivity (Wildman–Crippen MR) is 80.4 cm³/mol. The van der Waals surface area contributed by atoms with Crippen molar-refractivity contribution in [3.63, 3.8) is 0 Å². The molecular weight excluding hydrogens is 252 g/mol. The second kappa shape index (κ2) is 7.43. The average Bonchev–Trinajstić information content (AvgIpc) is 2.84. The largest absolute Gasteiger partial charge is 0.309 e. The number of hydrogen-bond acceptors (Lipinski definition) is 3. The van der Waals surface area contributed by atoms with Gasteiger partial charge in [0.1, 0.15) is 0 Å². The van der Waals surface area contributed by atoms with Crippen LogP contribution in [0.25, 0.3) is 0 Å². The van der Waals surface area contributed by atoms with Crippen LogP contribution in [0.2, 0.25) is 0 Å². The number of carbonyl (C=O) groups excluding carboxylic acids is 1. The Morgan fingerprint density at radius 2 is 2.15 bits per heavy atom. The number of nitrogens with zero attached hydrogens (tertiary/aromatic N) is 2. The third-order valence-electron chi connectivity index (χ3n) is 3.89. The van der Waals surface area contributed by atoms with E-state index in [-0.39, 0.29) is 5.91 Å². The van der Waals surface area contributed by atoms with Gasteiger partial charge in [0.25, 0.3) is 0 Å². The average molecular weight is 278 g/mol. The standard InChI is InChI=1S/C15H26N4O/c1-19(2)11-13-10-14(18-17-13)16-15(20)9-8-12-6-4-3-5-7-12/h10,12H,3-9,11H2,1-2H3,(H2,16,17,18,20). The molecule has 0 bridgehead atoms. The molecule has 20 heavy (non-hydrogen) atoms. The molecule has 1 aliphatic carbocycles. The Hall–Kier alpha value is -1.36. The number of aromatic nitrogens is 2. The maximum Gasteiger partial charge on any atom is 0.225 e. The highest BCUT2D eigenvalue weighted by Crippen LogP contribution is 2.27. The zero-order valence-corrected chi connectivity index (χ0v) is 12.6. The molecule has 2 N–H and O–H groups in total. The quantitative estimate of drug-likeness (QED) is 0.841. The van der Waals surface area contributed by atoms with E-state index in [1.807, 2.05) is 20.2 Å². The highest BCUT2D eigenvalue weighted by Gasteiger charge is 2.15. The van der Waals surface area contributed by atoms with Crippen LogP contribution in [0.15, 0.2) is 6.07 Å². The molecule has 1 aromatic rings. The summed E-state index contributed by atoms with van der Waals surface area (Å²) >= 11 is 0. The molecule has 0 saturated heterocycles. The van der Waals surface area contributed by atoms with Crippen LogP contribution in [0.1, 0.15) is 50.6 Å². The molecule has 0 aliphatic heterocycles. The van der Waals surface area contributed by atoms with E-state index < -0.39 is 0 Å². The molecule has 0 aromatic carbocycles. The lowest BCUT2D eigenvalue weighted by molar-refractivity contribution is -0.116. The lowest BCUT2D eigenvalue weighted by atomic mass is 9.86. The first-order valence-corrected chi connectivity index (χ1v) is 7.62. The molecule has 0 unspecified atom stereocenters. The van der Waals surface area contributed by atoms with E-state index in [1.165, 1.54) is 32.1 Å². The summed E-state index contributed by atoms with van der Waals surface area (Å²) in [7, 11) is 4.01. The van der Waals surface area contributed by atoms with Crippen LogP contribution in [0, 0.1) is 5.92 Å². The molecule has 1 fully saturated rings. The van der Waals surface area contributed by atoms with E-state index in [4.69, 9.17) is 0 Å². The first-order chi connectivity index (χ1) is 9.63. The van der Waals surface area contributed by atoms with Crippen LogP contribution in [0.4, 0.5) is 5.82 Å². The Morgan fingerprint density at radius 1 is 1.40 bits per heavy atom. The zero-order valence-electron chi connectivity index (χ0n) is 12.6. The minimum Gasteiger partial charge on any atom is -0.309 e. The number of rotatable bonds is 6. The van der Waals surface area contributed by atoms with Gasteiger partial charge in [-0.25, -0.2) is 0 Å². The minimum atomic E-state index is 0.0819. The predicted octanol–water partition coefficient (Wildman–Crippen LogP) is 2.77. The molecular formula is C15H26N4O. The van der Waals surface area contributed by atoms with Crippen molar-refractivity contribution in [3.05, 3.63) is 11.8 Å². The molecule has 1 heterocycles. The van der Waals surface area contributed by atoms with Crippen molar-refractivity contribution in [1.29, 1.82) is 0 Å². The van der Waals surface area contributed by atoms with E-state index in [9.17, 15) is 4.79 Å². The molecule has 112 valence electrons. The van der Waals surface area contributed by atoms with E-state index in [2.05, 4.69) is 20.4 Å². The summed E-state index contributed by atoms with van der Waals surface area (Å²) in [5.41, 5.74) is 1.01. The van der Waals surface area contributed by atoms with Crippen molar-refractivity contribution in [1.82, 2.24) is 15.1 Å². The second-order valence-electron chi connectivity index (χ2n) is 6.11. The molecule has 0 radical (unpaired) electrons. The Balaban J connectivity index is 1.72. The third kappa shape index (κ3) is 4.96. The Morgan fingerprint density at radius 3 is 2.85 bits per heavy atom. The van der Waals surface area contributed by atoms with Gasteiger partial charge in [-0.3, -0.25) is 9.89 Å². The Bertz CT molecular complexity index is 421. The van der Waals surface area contributed by atoms with Crippen molar-refractivity contribution in [2.45, 2.75) is 51.5 Å². The maximum atomic E-state index is 11.9. The monoisotopic (exact) mass is 278 g/mol. The molecule has 2 rings (SSSR count). The van der Waals surface area contributed by atoms with Gasteiger partial charge in [-0.05, 0) is 26.4 Å². The van der Waals surface area contributed by atoms with Crippen molar-refractivity contribution in [3.8, 4) is 0 Å². The normalized spacial score (nSPS) is 16.6. The van der Waals surface area contributed by atoms with Crippen LogP contribution in [-0.2, 0) is 11.3 Å². The molecule has 0 spiro atoms. The van der Waals surface area contributed by atoms with Gasteiger partial charge < -0.3 is 10.2 Å². The second-order valence-corrected chi connectivity index (χ2v) is 6.11. The number of carbonyl (C=O) groups is 1. The molecule has 0 atom stereocenters. The van der Waals surface area contributed by atoms with E-state index in [0.717, 1.165) is 24.6 Å². The van der Waals surface area contributed by atoms with Crippen LogP contribution in [0.5, 0.6) is 0 Å². The number of hydrogen-bond donors (Lipinski definition) is 2. The SMILES string of the molecule is CN(C)Cc1cc(NC(=O)CCC2CCCCC2)n[nH]1. The number of H-pyrrole nitrogens is 1. The summed E-state index contributed by atoms with van der Waals surface area (Å²) in [5, 5.41) is 9.94. The first kappa shape index (κ1) is 15.0. The number of aromatic amines is 1. The van der Waals surface area contributed by atoms with Gasteiger partial charge in [0.2, 0.25) is 5.91 Å². The van der Waals surface area contributed by atoms with E-state index >= 15 is 0 Å². The van der Waals surface area contributed by atoms with E-state index in [1.54, 1.807) is 0 Å². The highest BCUT2D eigenvalue weighted by molar-refractivity contribution is 5.89. The zero-order chi connectivity index (χ0) is 14.4. The number of amides is 1. The van der Waals surface area contributed by atoms with Crippen molar-refractivity contribution in [2.75, 3.05) is 19.4 Å². The molecule has 5 heteroatoms. The molecule has 1 saturated carbocycles. The van der Waals surface area contributed by atoms with Gasteiger partial charge in [0.15, 0.2) is 5.82 Å². The maximum absolute atomic E-state index is 11.9. The van der Waals surface area contributed by atoms with Gasteiger partial charge in [-0.2, -0.15) is 5.10 Å². The van der Waals surface area contributed by atoms with Gasteiger partial charge in [0, 0.05) is 19.0 Å². The third-order valence-corrected chi connectivity index (χ3v) is 3.89. The summed E-state index contributed by atoms with van der Waals surface area (Å²) in [4.78, 5) is 14.0. The van der Waals surface area contributed by atoms with Crippen LogP contribution in [-0.4, -0.2) is 35.1 Å². The van der Waals surface area contributed by atoms with E-state index in [0.29, 0.717) is 12.2 Å². The highest BCUT2D eigenvalue weighted by atomic mass is 16.1. The van der Waals surface area contributed by atoms with Crippen molar-refractivity contribution < 1.29 is 4.79 Å². The summed E-state index contributed by atoms with van der Waals surface area (Å²) in [6.45, 7) is 0.797. The first-order valence-electron chi connectivity index (χ1n) is 7.62. The summed E-state index contributed by atoms with van der Waals surface area (Å²) < 4.78 is 0. The summed E-state index contributed by atoms with van der Waals surface area (Å²) in [5.74, 6) is 1.46. The molecule has 1 aromatic heterocycles. The van der Waals surface area contributed by atoms with Gasteiger partial charge in [-0.1, -0.05) is 32.1 Å². The number of anilines is 1. The van der Waals surface area contributed by atoms with Gasteiger partial charge in [-0.15, -0.1) is 0 Å². The molecule has 1 aliphatic rings. The van der Waals surface area contributed by atoms with Crippen LogP contribution < -0.4 is 5.32 Å². The van der Waals surface area contributed by atoms with Crippen LogP contribution >= 0.6 is 0 Å². The summed E-state index contributed by atoms with van der Waals surface area (Å²) in [6.07, 6.45) is 8.25. The Labute approximate surface area is 121 Å². The van der Waals surface area contributed by atoms with Crippen molar-refractivity contribution in [2.24, 2.45) is 5.92 Å². The fourth-order valence-electron chi connectivity index (χ4n) is 2.86. The smallest absolute Gasteiger partial charge is 0.225 e. The van der Waals surface area contributed by atoms with Gasteiger partial charge in [0.05, 0.1) is 5.69 Å². The fourth-order valence-corrected chi connectivity index (χ4v) is 2.86. The van der Waals surface area contributed by atoms with Crippen molar-refractivity contribution >= 4 is 11.7 Å². The fraction of sp³-hybridized carbons (Fsp3) is 0.733. The lowest BCUT2D eigenvalue weighted by Crippen LogP contribution is -2.15. The lowest BCUT2D eigenvalue weighted by Gasteiger charge is -2.20. The molecule has 5 nitrogen and oxygen atoms in total. The van der Waals surface area contributed by atoms with Gasteiger partial charge >= 0.3 is 0 Å². The van der Waals surface area contributed by atoms with Crippen LogP contribution in [0.3, 0.4) is 0 Å². The Kier molecular flexibility index (Phi) is 5.59. The summed E-state index contributed by atoms with van der Waals surface area (Å²) in [6, 6.07) is 1.90. The topological polar surface area (TPSA) is 61.0 Å². The molecule has 1 amide bonds. The minimum absolute atomic E-state index is 0.0819. The number of nitrogens with one attached hydrogen (secondary N) is 2.